The van der Waals surface area contributed by atoms with Crippen molar-refractivity contribution in [1.82, 2.24) is 9.88 Å². The maximum Gasteiger partial charge on any atom is 0.420 e. The number of allylic oxidation sites excluding steroid dienone is 1. The van der Waals surface area contributed by atoms with Crippen LogP contribution in [0.25, 0.3) is 11.1 Å². The molecule has 0 bridgehead atoms. The summed E-state index contributed by atoms with van der Waals surface area (Å²) in [5.41, 5.74) is 1.68. The molecule has 1 saturated carbocycles. The first-order valence-electron chi connectivity index (χ1n) is 8.74. The molecule has 3 rings (SSSR count). The lowest BCUT2D eigenvalue weighted by molar-refractivity contribution is 0.0930. The van der Waals surface area contributed by atoms with E-state index in [1.54, 1.807) is 24.3 Å². The fraction of sp³-hybridized carbons (Fsp3) is 0.474. The van der Waals surface area contributed by atoms with Gasteiger partial charge in [-0.15, -0.1) is 6.58 Å². The fourth-order valence-corrected chi connectivity index (χ4v) is 3.37. The van der Waals surface area contributed by atoms with Gasteiger partial charge in [-0.1, -0.05) is 38.2 Å². The van der Waals surface area contributed by atoms with Gasteiger partial charge in [-0.2, -0.15) is 0 Å². The standard InChI is InChI=1S/C19H24N2O3/c1-2-12-21-16-13-14(10-11-17(16)24-19(21)23)18(22)20-15-8-6-4-3-5-7-9-15/h2,10-11,13,15H,1,3-9,12H2,(H,20,22). The zero-order chi connectivity index (χ0) is 16.9. The van der Waals surface area contributed by atoms with Crippen LogP contribution in [0.3, 0.4) is 0 Å². The molecule has 1 aliphatic carbocycles. The summed E-state index contributed by atoms with van der Waals surface area (Å²) in [6.45, 7) is 4.01. The summed E-state index contributed by atoms with van der Waals surface area (Å²) in [6, 6.07) is 5.36. The summed E-state index contributed by atoms with van der Waals surface area (Å²) in [4.78, 5) is 24.4. The fourth-order valence-electron chi connectivity index (χ4n) is 3.37. The predicted molar refractivity (Wildman–Crippen MR) is 94.2 cm³/mol. The highest BCUT2D eigenvalue weighted by atomic mass is 16.4. The van der Waals surface area contributed by atoms with E-state index < -0.39 is 5.76 Å². The average Bonchev–Trinajstić information content (AvgIpc) is 2.85. The van der Waals surface area contributed by atoms with Gasteiger partial charge in [0.15, 0.2) is 5.58 Å². The first kappa shape index (κ1) is 16.6. The van der Waals surface area contributed by atoms with Crippen LogP contribution in [0.15, 0.2) is 40.1 Å². The summed E-state index contributed by atoms with van der Waals surface area (Å²) in [7, 11) is 0. The minimum Gasteiger partial charge on any atom is -0.408 e. The number of fused-ring (bicyclic) bond motifs is 1. The molecule has 1 aromatic heterocycles. The molecule has 0 aliphatic heterocycles. The second kappa shape index (κ2) is 7.51. The highest BCUT2D eigenvalue weighted by Gasteiger charge is 2.17. The van der Waals surface area contributed by atoms with E-state index in [2.05, 4.69) is 11.9 Å². The Bertz CT molecular complexity index is 779. The molecule has 0 saturated heterocycles. The number of benzene rings is 1. The number of oxazole rings is 1. The smallest absolute Gasteiger partial charge is 0.408 e. The maximum absolute atomic E-state index is 12.6. The molecule has 24 heavy (non-hydrogen) atoms. The van der Waals surface area contributed by atoms with Crippen LogP contribution >= 0.6 is 0 Å². The molecule has 1 amide bonds. The number of hydrogen-bond donors (Lipinski definition) is 1. The van der Waals surface area contributed by atoms with Gasteiger partial charge in [0.1, 0.15) is 0 Å². The number of nitrogens with zero attached hydrogens (tertiary/aromatic N) is 1. The van der Waals surface area contributed by atoms with Crippen molar-refractivity contribution in [1.29, 1.82) is 0 Å². The Kier molecular flexibility index (Phi) is 5.18. The van der Waals surface area contributed by atoms with Crippen molar-refractivity contribution in [3.8, 4) is 0 Å². The van der Waals surface area contributed by atoms with E-state index in [1.807, 2.05) is 0 Å². The van der Waals surface area contributed by atoms with Gasteiger partial charge in [0.05, 0.1) is 5.52 Å². The zero-order valence-electron chi connectivity index (χ0n) is 13.9. The minimum absolute atomic E-state index is 0.0822. The molecule has 0 radical (unpaired) electrons. The maximum atomic E-state index is 12.6. The Balaban J connectivity index is 1.80. The predicted octanol–water partition coefficient (Wildman–Crippen LogP) is 3.62. The second-order valence-corrected chi connectivity index (χ2v) is 6.47. The monoisotopic (exact) mass is 328 g/mol. The van der Waals surface area contributed by atoms with Gasteiger partial charge in [-0.05, 0) is 31.0 Å². The molecule has 1 N–H and O–H groups in total. The lowest BCUT2D eigenvalue weighted by Crippen LogP contribution is -2.35. The normalized spacial score (nSPS) is 16.5. The molecule has 1 aliphatic rings. The molecule has 1 fully saturated rings. The van der Waals surface area contributed by atoms with Gasteiger partial charge in [-0.3, -0.25) is 9.36 Å². The number of carbonyl (C=O) groups excluding carboxylic acids is 1. The third kappa shape index (κ3) is 3.61. The van der Waals surface area contributed by atoms with E-state index in [-0.39, 0.29) is 11.9 Å². The van der Waals surface area contributed by atoms with Crippen LogP contribution in [0.5, 0.6) is 0 Å². The average molecular weight is 328 g/mol. The summed E-state index contributed by atoms with van der Waals surface area (Å²) in [6.07, 6.45) is 9.87. The van der Waals surface area contributed by atoms with Crippen LogP contribution in [0, 0.1) is 0 Å². The number of carbonyl (C=O) groups is 1. The number of hydrogen-bond acceptors (Lipinski definition) is 3. The third-order valence-electron chi connectivity index (χ3n) is 4.68. The first-order valence-corrected chi connectivity index (χ1v) is 8.74. The minimum atomic E-state index is -0.428. The number of amides is 1. The van der Waals surface area contributed by atoms with Gasteiger partial charge in [0, 0.05) is 18.2 Å². The van der Waals surface area contributed by atoms with Crippen LogP contribution in [0.2, 0.25) is 0 Å². The van der Waals surface area contributed by atoms with Gasteiger partial charge >= 0.3 is 5.76 Å². The summed E-state index contributed by atoms with van der Waals surface area (Å²) in [5, 5.41) is 3.15. The largest absolute Gasteiger partial charge is 0.420 e. The van der Waals surface area contributed by atoms with Gasteiger partial charge in [-0.25, -0.2) is 4.79 Å². The Morgan fingerprint density at radius 1 is 1.25 bits per heavy atom. The molecule has 1 heterocycles. The van der Waals surface area contributed by atoms with Crippen LogP contribution < -0.4 is 11.1 Å². The van der Waals surface area contributed by atoms with E-state index in [1.165, 1.54) is 36.7 Å². The van der Waals surface area contributed by atoms with E-state index in [0.717, 1.165) is 12.8 Å². The van der Waals surface area contributed by atoms with Crippen molar-refractivity contribution in [2.45, 2.75) is 57.5 Å². The second-order valence-electron chi connectivity index (χ2n) is 6.47. The summed E-state index contributed by atoms with van der Waals surface area (Å²) < 4.78 is 6.68. The van der Waals surface area contributed by atoms with Crippen molar-refractivity contribution in [2.75, 3.05) is 0 Å². The lowest BCUT2D eigenvalue weighted by Gasteiger charge is -2.21. The van der Waals surface area contributed by atoms with Gasteiger partial charge in [0.25, 0.3) is 5.91 Å². The molecule has 0 spiro atoms. The highest BCUT2D eigenvalue weighted by molar-refractivity contribution is 5.97. The summed E-state index contributed by atoms with van der Waals surface area (Å²) in [5.74, 6) is -0.510. The molecule has 2 aromatic rings. The lowest BCUT2D eigenvalue weighted by atomic mass is 9.96. The van der Waals surface area contributed by atoms with E-state index in [4.69, 9.17) is 4.42 Å². The Morgan fingerprint density at radius 2 is 1.96 bits per heavy atom. The topological polar surface area (TPSA) is 64.2 Å². The molecule has 5 nitrogen and oxygen atoms in total. The number of nitrogens with one attached hydrogen (secondary N) is 1. The van der Waals surface area contributed by atoms with E-state index in [9.17, 15) is 9.59 Å². The third-order valence-corrected chi connectivity index (χ3v) is 4.68. The molecule has 1 aromatic carbocycles. The van der Waals surface area contributed by atoms with Crippen molar-refractivity contribution in [3.05, 3.63) is 47.0 Å². The van der Waals surface area contributed by atoms with Gasteiger partial charge in [0.2, 0.25) is 0 Å². The van der Waals surface area contributed by atoms with Crippen molar-refractivity contribution in [3.63, 3.8) is 0 Å². The Labute approximate surface area is 141 Å². The van der Waals surface area contributed by atoms with E-state index in [0.29, 0.717) is 23.2 Å². The van der Waals surface area contributed by atoms with Crippen LogP contribution in [-0.2, 0) is 6.54 Å². The van der Waals surface area contributed by atoms with Crippen molar-refractivity contribution < 1.29 is 9.21 Å². The number of aromatic nitrogens is 1. The Morgan fingerprint density at radius 3 is 2.67 bits per heavy atom. The molecule has 5 heteroatoms. The molecular formula is C19H24N2O3. The Hall–Kier alpha value is -2.30. The van der Waals surface area contributed by atoms with Crippen LogP contribution in [0.1, 0.15) is 55.3 Å². The first-order chi connectivity index (χ1) is 11.7. The quantitative estimate of drug-likeness (QED) is 0.872. The van der Waals surface area contributed by atoms with Crippen LogP contribution in [-0.4, -0.2) is 16.5 Å². The van der Waals surface area contributed by atoms with Crippen molar-refractivity contribution >= 4 is 17.0 Å². The van der Waals surface area contributed by atoms with Gasteiger partial charge < -0.3 is 9.73 Å². The molecule has 128 valence electrons. The summed E-state index contributed by atoms with van der Waals surface area (Å²) >= 11 is 0. The highest BCUT2D eigenvalue weighted by Crippen LogP contribution is 2.19. The van der Waals surface area contributed by atoms with Crippen molar-refractivity contribution in [2.24, 2.45) is 0 Å². The van der Waals surface area contributed by atoms with E-state index >= 15 is 0 Å². The molecule has 0 unspecified atom stereocenters. The molecule has 0 atom stereocenters. The molecular weight excluding hydrogens is 304 g/mol. The van der Waals surface area contributed by atoms with Crippen LogP contribution in [0.4, 0.5) is 0 Å². The SMILES string of the molecule is C=CCn1c(=O)oc2ccc(C(=O)NC3CCCCCCC3)cc21. The number of rotatable bonds is 4. The zero-order valence-corrected chi connectivity index (χ0v) is 13.9.